The zero-order chi connectivity index (χ0) is 17.6. The molecule has 1 saturated heterocycles. The number of carboxylic acid groups (broad SMARTS) is 1. The van der Waals surface area contributed by atoms with E-state index in [2.05, 4.69) is 20.8 Å². The number of benzene rings is 1. The van der Waals surface area contributed by atoms with Gasteiger partial charge in [-0.25, -0.2) is 0 Å². The Morgan fingerprint density at radius 1 is 1.28 bits per heavy atom. The Kier molecular flexibility index (Phi) is 4.58. The predicted octanol–water partition coefficient (Wildman–Crippen LogP) is 3.45. The summed E-state index contributed by atoms with van der Waals surface area (Å²) < 4.78 is 8.87. The van der Waals surface area contributed by atoms with Crippen molar-refractivity contribution in [3.05, 3.63) is 43.1 Å². The van der Waals surface area contributed by atoms with Crippen molar-refractivity contribution in [3.63, 3.8) is 0 Å². The maximum absolute atomic E-state index is 12.0. The summed E-state index contributed by atoms with van der Waals surface area (Å²) in [6.07, 6.45) is 3.81. The summed E-state index contributed by atoms with van der Waals surface area (Å²) in [5.74, 6) is -1.26. The molecule has 0 amide bonds. The Balaban J connectivity index is 1.84. The van der Waals surface area contributed by atoms with Crippen LogP contribution in [0.25, 0.3) is 20.6 Å². The van der Waals surface area contributed by atoms with E-state index in [4.69, 9.17) is 9.52 Å². The van der Waals surface area contributed by atoms with Gasteiger partial charge in [-0.2, -0.15) is 0 Å². The molecule has 0 spiro atoms. The SMILES string of the molecule is O=C(O)c1cc2ccc3c(Br)c(CN4CCCCC4)[se]c3c2oc1=O. The molecule has 1 N–H and O–H groups in total. The Morgan fingerprint density at radius 2 is 2.04 bits per heavy atom. The number of hydrogen-bond acceptors (Lipinski definition) is 4. The molecule has 1 aliphatic heterocycles. The first-order chi connectivity index (χ1) is 12.0. The molecular weight excluding hydrogens is 453 g/mol. The molecule has 5 nitrogen and oxygen atoms in total. The van der Waals surface area contributed by atoms with Gasteiger partial charge in [-0.05, 0) is 0 Å². The van der Waals surface area contributed by atoms with Gasteiger partial charge in [0.05, 0.1) is 0 Å². The number of likely N-dealkylation sites (tertiary alicyclic amines) is 1. The minimum atomic E-state index is -1.26. The van der Waals surface area contributed by atoms with Crippen molar-refractivity contribution in [1.29, 1.82) is 0 Å². The number of nitrogens with zero attached hydrogens (tertiary/aromatic N) is 1. The van der Waals surface area contributed by atoms with Crippen LogP contribution in [0.3, 0.4) is 0 Å². The van der Waals surface area contributed by atoms with Gasteiger partial charge in [0.1, 0.15) is 0 Å². The van der Waals surface area contributed by atoms with Crippen molar-refractivity contribution in [3.8, 4) is 0 Å². The van der Waals surface area contributed by atoms with Crippen molar-refractivity contribution >= 4 is 57.0 Å². The molecule has 4 rings (SSSR count). The van der Waals surface area contributed by atoms with Crippen LogP contribution in [-0.2, 0) is 6.54 Å². The fraction of sp³-hybridized carbons (Fsp3) is 0.333. The first-order valence-corrected chi connectivity index (χ1v) is 10.7. The Bertz CT molecular complexity index is 1030. The molecule has 25 heavy (non-hydrogen) atoms. The monoisotopic (exact) mass is 469 g/mol. The van der Waals surface area contributed by atoms with Gasteiger partial charge in [0.15, 0.2) is 0 Å². The molecule has 1 fully saturated rings. The van der Waals surface area contributed by atoms with E-state index in [-0.39, 0.29) is 20.1 Å². The van der Waals surface area contributed by atoms with Gasteiger partial charge in [-0.15, -0.1) is 0 Å². The molecule has 0 saturated carbocycles. The van der Waals surface area contributed by atoms with Crippen LogP contribution < -0.4 is 5.63 Å². The van der Waals surface area contributed by atoms with Crippen LogP contribution in [0.5, 0.6) is 0 Å². The predicted molar refractivity (Wildman–Crippen MR) is 101 cm³/mol. The van der Waals surface area contributed by atoms with Crippen LogP contribution in [0.4, 0.5) is 0 Å². The quantitative estimate of drug-likeness (QED) is 0.470. The van der Waals surface area contributed by atoms with Gasteiger partial charge in [0.25, 0.3) is 0 Å². The van der Waals surface area contributed by atoms with Crippen molar-refractivity contribution in [2.75, 3.05) is 13.1 Å². The van der Waals surface area contributed by atoms with Crippen molar-refractivity contribution in [2.24, 2.45) is 0 Å². The Labute approximate surface area is 158 Å². The second-order valence-corrected chi connectivity index (χ2v) is 9.40. The molecule has 3 aromatic rings. The van der Waals surface area contributed by atoms with E-state index >= 15 is 0 Å². The molecule has 1 aliphatic rings. The van der Waals surface area contributed by atoms with Crippen molar-refractivity contribution < 1.29 is 14.3 Å². The van der Waals surface area contributed by atoms with Crippen LogP contribution >= 0.6 is 15.9 Å². The molecule has 0 aliphatic carbocycles. The Hall–Kier alpha value is -1.40. The first-order valence-electron chi connectivity index (χ1n) is 8.18. The van der Waals surface area contributed by atoms with E-state index in [0.717, 1.165) is 33.8 Å². The third-order valence-electron chi connectivity index (χ3n) is 4.61. The molecule has 7 heteroatoms. The van der Waals surface area contributed by atoms with E-state index in [1.807, 2.05) is 12.1 Å². The van der Waals surface area contributed by atoms with E-state index in [1.165, 1.54) is 29.8 Å². The summed E-state index contributed by atoms with van der Waals surface area (Å²) in [6.45, 7) is 3.20. The molecule has 0 bridgehead atoms. The summed E-state index contributed by atoms with van der Waals surface area (Å²) in [4.78, 5) is 25.6. The summed E-state index contributed by atoms with van der Waals surface area (Å²) in [6, 6.07) is 5.22. The molecule has 0 atom stereocenters. The van der Waals surface area contributed by atoms with Gasteiger partial charge >= 0.3 is 158 Å². The molecular formula is C18H16BrNO4Se. The van der Waals surface area contributed by atoms with Gasteiger partial charge in [0, 0.05) is 0 Å². The van der Waals surface area contributed by atoms with Gasteiger partial charge in [-0.1, -0.05) is 0 Å². The molecule has 2 aromatic heterocycles. The molecule has 0 radical (unpaired) electrons. The molecule has 130 valence electrons. The number of piperidine rings is 1. The normalized spacial score (nSPS) is 15.9. The van der Waals surface area contributed by atoms with E-state index in [1.54, 1.807) is 0 Å². The van der Waals surface area contributed by atoms with Crippen molar-refractivity contribution in [2.45, 2.75) is 25.8 Å². The third-order valence-corrected chi connectivity index (χ3v) is 8.60. The summed E-state index contributed by atoms with van der Waals surface area (Å²) in [5, 5.41) is 10.8. The van der Waals surface area contributed by atoms with E-state index < -0.39 is 11.6 Å². The average Bonchev–Trinajstić information content (AvgIpc) is 2.91. The number of fused-ring (bicyclic) bond motifs is 3. The van der Waals surface area contributed by atoms with Gasteiger partial charge < -0.3 is 0 Å². The van der Waals surface area contributed by atoms with Crippen LogP contribution in [0.15, 0.2) is 31.9 Å². The average molecular weight is 469 g/mol. The number of halogens is 1. The first kappa shape index (κ1) is 17.0. The van der Waals surface area contributed by atoms with E-state index in [9.17, 15) is 9.59 Å². The zero-order valence-electron chi connectivity index (χ0n) is 13.4. The van der Waals surface area contributed by atoms with Crippen molar-refractivity contribution in [1.82, 2.24) is 4.90 Å². The van der Waals surface area contributed by atoms with Gasteiger partial charge in [-0.3, -0.25) is 0 Å². The summed E-state index contributed by atoms with van der Waals surface area (Å²) in [5.41, 5.74) is -0.582. The maximum atomic E-state index is 12.0. The third kappa shape index (κ3) is 3.10. The second kappa shape index (κ2) is 6.72. The van der Waals surface area contributed by atoms with E-state index in [0.29, 0.717) is 11.0 Å². The number of carboxylic acids is 1. The van der Waals surface area contributed by atoms with Crippen LogP contribution in [0, 0.1) is 0 Å². The fourth-order valence-electron chi connectivity index (χ4n) is 3.32. The van der Waals surface area contributed by atoms with Gasteiger partial charge in [0.2, 0.25) is 0 Å². The van der Waals surface area contributed by atoms with Crippen LogP contribution in [-0.4, -0.2) is 43.6 Å². The summed E-state index contributed by atoms with van der Waals surface area (Å²) in [7, 11) is 0. The standard InChI is InChI=1S/C18H16BrNO4Se/c19-14-11-5-4-10-8-12(17(21)22)18(23)24-15(10)16(11)25-13(14)9-20-6-2-1-3-7-20/h4-5,8H,1-3,6-7,9H2,(H,21,22). The zero-order valence-corrected chi connectivity index (χ0v) is 16.7. The topological polar surface area (TPSA) is 70.8 Å². The molecule has 1 aromatic carbocycles. The Morgan fingerprint density at radius 3 is 2.76 bits per heavy atom. The van der Waals surface area contributed by atoms with Crippen LogP contribution in [0.1, 0.15) is 34.1 Å². The minimum absolute atomic E-state index is 0.0613. The number of hydrogen-bond donors (Lipinski definition) is 1. The number of carbonyl (C=O) groups is 1. The fourth-order valence-corrected chi connectivity index (χ4v) is 7.07. The number of aromatic carboxylic acids is 1. The second-order valence-electron chi connectivity index (χ2n) is 6.29. The summed E-state index contributed by atoms with van der Waals surface area (Å²) >= 11 is 3.79. The molecule has 0 unspecified atom stereocenters. The number of rotatable bonds is 3. The molecule has 3 heterocycles. The van der Waals surface area contributed by atoms with Crippen LogP contribution in [0.2, 0.25) is 0 Å².